The molecule has 0 saturated heterocycles. The van der Waals surface area contributed by atoms with E-state index in [1.807, 2.05) is 11.5 Å². The van der Waals surface area contributed by atoms with Crippen molar-refractivity contribution in [2.45, 2.75) is 58.8 Å². The third kappa shape index (κ3) is 8.88. The third-order valence-electron chi connectivity index (χ3n) is 4.40. The maximum Gasteiger partial charge on any atom is 0.416 e. The van der Waals surface area contributed by atoms with Crippen molar-refractivity contribution < 1.29 is 13.2 Å². The van der Waals surface area contributed by atoms with Gasteiger partial charge in [-0.05, 0) is 24.1 Å². The fraction of sp³-hybridized carbons (Fsp3) is 0.550. The first-order valence-electron chi connectivity index (χ1n) is 9.99. The van der Waals surface area contributed by atoms with E-state index in [1.165, 1.54) is 6.07 Å². The van der Waals surface area contributed by atoms with E-state index in [-0.39, 0.29) is 30.5 Å². The lowest BCUT2D eigenvalue weighted by Gasteiger charge is -2.14. The van der Waals surface area contributed by atoms with Gasteiger partial charge < -0.3 is 15.2 Å². The van der Waals surface area contributed by atoms with Crippen LogP contribution >= 0.6 is 24.0 Å². The molecule has 0 aliphatic rings. The summed E-state index contributed by atoms with van der Waals surface area (Å²) < 4.78 is 40.7. The molecule has 0 aliphatic carbocycles. The zero-order valence-electron chi connectivity index (χ0n) is 17.4. The fourth-order valence-electron chi connectivity index (χ4n) is 2.81. The van der Waals surface area contributed by atoms with Crippen molar-refractivity contribution in [3.05, 3.63) is 47.5 Å². The van der Waals surface area contributed by atoms with Crippen molar-refractivity contribution in [3.63, 3.8) is 0 Å². The van der Waals surface area contributed by atoms with Gasteiger partial charge in [0.25, 0.3) is 0 Å². The highest BCUT2D eigenvalue weighted by Crippen LogP contribution is 2.29. The molecule has 30 heavy (non-hydrogen) atoms. The molecule has 168 valence electrons. The average Bonchev–Trinajstić information content (AvgIpc) is 3.16. The van der Waals surface area contributed by atoms with Gasteiger partial charge in [0.1, 0.15) is 12.2 Å². The number of guanidine groups is 1. The molecule has 0 saturated carbocycles. The number of aliphatic imine (C=N–C) groups is 1. The van der Waals surface area contributed by atoms with Gasteiger partial charge in [-0.25, -0.2) is 4.99 Å². The van der Waals surface area contributed by atoms with E-state index < -0.39 is 11.7 Å². The van der Waals surface area contributed by atoms with E-state index in [0.717, 1.165) is 50.2 Å². The van der Waals surface area contributed by atoms with Crippen molar-refractivity contribution in [1.82, 2.24) is 25.4 Å². The van der Waals surface area contributed by atoms with Gasteiger partial charge in [0.2, 0.25) is 0 Å². The normalized spacial score (nSPS) is 11.8. The summed E-state index contributed by atoms with van der Waals surface area (Å²) in [4.78, 5) is 4.46. The van der Waals surface area contributed by atoms with Crippen molar-refractivity contribution in [2.24, 2.45) is 4.99 Å². The quantitative estimate of drug-likeness (QED) is 0.204. The second-order valence-corrected chi connectivity index (χ2v) is 6.72. The molecule has 0 spiro atoms. The molecule has 0 amide bonds. The van der Waals surface area contributed by atoms with Gasteiger partial charge >= 0.3 is 6.18 Å². The van der Waals surface area contributed by atoms with Crippen LogP contribution in [0.3, 0.4) is 0 Å². The number of benzene rings is 1. The summed E-state index contributed by atoms with van der Waals surface area (Å²) >= 11 is 0. The first-order valence-corrected chi connectivity index (χ1v) is 9.99. The highest BCUT2D eigenvalue weighted by atomic mass is 127. The number of unbranched alkanes of at least 4 members (excludes halogenated alkanes) is 2. The summed E-state index contributed by atoms with van der Waals surface area (Å²) in [6.07, 6.45) is 1.36. The largest absolute Gasteiger partial charge is 0.416 e. The Kier molecular flexibility index (Phi) is 11.7. The molecule has 10 heteroatoms. The fourth-order valence-corrected chi connectivity index (χ4v) is 2.81. The topological polar surface area (TPSA) is 67.1 Å². The molecule has 0 fully saturated rings. The molecule has 0 unspecified atom stereocenters. The number of hydrogen-bond donors (Lipinski definition) is 2. The maximum atomic E-state index is 12.9. The number of alkyl halides is 3. The Bertz CT molecular complexity index is 776. The smallest absolute Gasteiger partial charge is 0.356 e. The SMILES string of the molecule is CCCCCNC(=NCc1cccc(C(F)(F)F)c1)NCCn1cnnc1CC.I. The van der Waals surface area contributed by atoms with Gasteiger partial charge in [0.15, 0.2) is 5.96 Å². The molecule has 2 aromatic rings. The monoisotopic (exact) mass is 538 g/mol. The lowest BCUT2D eigenvalue weighted by Crippen LogP contribution is -2.39. The molecule has 2 N–H and O–H groups in total. The van der Waals surface area contributed by atoms with Crippen molar-refractivity contribution in [2.75, 3.05) is 13.1 Å². The average molecular weight is 538 g/mol. The second kappa shape index (κ2) is 13.5. The van der Waals surface area contributed by atoms with Gasteiger partial charge in [0, 0.05) is 26.1 Å². The van der Waals surface area contributed by atoms with E-state index in [0.29, 0.717) is 24.6 Å². The molecule has 2 rings (SSSR count). The highest BCUT2D eigenvalue weighted by molar-refractivity contribution is 14.0. The van der Waals surface area contributed by atoms with Gasteiger partial charge in [-0.3, -0.25) is 0 Å². The minimum Gasteiger partial charge on any atom is -0.356 e. The number of rotatable bonds is 10. The number of nitrogens with zero attached hydrogens (tertiary/aromatic N) is 4. The lowest BCUT2D eigenvalue weighted by atomic mass is 10.1. The predicted octanol–water partition coefficient (Wildman–Crippen LogP) is 4.40. The zero-order chi connectivity index (χ0) is 21.1. The standard InChI is InChI=1S/C20H29F3N6.HI/c1-3-5-6-10-24-19(25-11-12-29-15-27-28-18(29)4-2)26-14-16-8-7-9-17(13-16)20(21,22)23;/h7-9,13,15H,3-6,10-12,14H2,1-2H3,(H2,24,25,26);1H. The van der Waals surface area contributed by atoms with Crippen LogP contribution in [0.4, 0.5) is 13.2 Å². The molecule has 0 atom stereocenters. The maximum absolute atomic E-state index is 12.9. The van der Waals surface area contributed by atoms with Crippen LogP contribution in [0.1, 0.15) is 50.1 Å². The Morgan fingerprint density at radius 2 is 1.90 bits per heavy atom. The van der Waals surface area contributed by atoms with Gasteiger partial charge in [-0.15, -0.1) is 34.2 Å². The van der Waals surface area contributed by atoms with Gasteiger partial charge in [0.05, 0.1) is 12.1 Å². The minimum absolute atomic E-state index is 0. The summed E-state index contributed by atoms with van der Waals surface area (Å²) in [6, 6.07) is 5.27. The van der Waals surface area contributed by atoms with Crippen LogP contribution in [-0.4, -0.2) is 33.8 Å². The van der Waals surface area contributed by atoms with Gasteiger partial charge in [-0.1, -0.05) is 38.8 Å². The van der Waals surface area contributed by atoms with E-state index >= 15 is 0 Å². The summed E-state index contributed by atoms with van der Waals surface area (Å²) in [5.41, 5.74) is -0.142. The zero-order valence-corrected chi connectivity index (χ0v) is 19.7. The third-order valence-corrected chi connectivity index (χ3v) is 4.40. The number of aromatic nitrogens is 3. The summed E-state index contributed by atoms with van der Waals surface area (Å²) in [6.45, 7) is 6.36. The van der Waals surface area contributed by atoms with Crippen LogP contribution in [0.25, 0.3) is 0 Å². The Balaban J connectivity index is 0.00000450. The molecule has 1 heterocycles. The summed E-state index contributed by atoms with van der Waals surface area (Å²) in [5.74, 6) is 1.50. The molecule has 0 bridgehead atoms. The van der Waals surface area contributed by atoms with E-state index in [2.05, 4.69) is 32.7 Å². The highest BCUT2D eigenvalue weighted by Gasteiger charge is 2.30. The van der Waals surface area contributed by atoms with Crippen LogP contribution in [0.2, 0.25) is 0 Å². The summed E-state index contributed by atoms with van der Waals surface area (Å²) in [7, 11) is 0. The Morgan fingerprint density at radius 3 is 2.60 bits per heavy atom. The first kappa shape index (κ1) is 26.2. The van der Waals surface area contributed by atoms with Crippen LogP contribution in [0.15, 0.2) is 35.6 Å². The number of nitrogens with one attached hydrogen (secondary N) is 2. The van der Waals surface area contributed by atoms with Gasteiger partial charge in [-0.2, -0.15) is 13.2 Å². The Labute approximate surface area is 192 Å². The molecule has 6 nitrogen and oxygen atoms in total. The van der Waals surface area contributed by atoms with E-state index in [9.17, 15) is 13.2 Å². The van der Waals surface area contributed by atoms with Crippen LogP contribution in [0.5, 0.6) is 0 Å². The van der Waals surface area contributed by atoms with Crippen LogP contribution in [0, 0.1) is 0 Å². The summed E-state index contributed by atoms with van der Waals surface area (Å²) in [5, 5.41) is 14.5. The molecular weight excluding hydrogens is 508 g/mol. The van der Waals surface area contributed by atoms with E-state index in [1.54, 1.807) is 12.4 Å². The predicted molar refractivity (Wildman–Crippen MR) is 123 cm³/mol. The Morgan fingerprint density at radius 1 is 1.13 bits per heavy atom. The van der Waals surface area contributed by atoms with Crippen molar-refractivity contribution >= 4 is 29.9 Å². The number of aryl methyl sites for hydroxylation is 1. The first-order chi connectivity index (χ1) is 13.9. The second-order valence-electron chi connectivity index (χ2n) is 6.72. The molecule has 1 aromatic carbocycles. The van der Waals surface area contributed by atoms with Crippen LogP contribution < -0.4 is 10.6 Å². The molecule has 0 aliphatic heterocycles. The van der Waals surface area contributed by atoms with Crippen molar-refractivity contribution in [1.29, 1.82) is 0 Å². The molecule has 0 radical (unpaired) electrons. The van der Waals surface area contributed by atoms with Crippen LogP contribution in [-0.2, 0) is 25.7 Å². The molecular formula is C20H30F3IN6. The van der Waals surface area contributed by atoms with E-state index in [4.69, 9.17) is 0 Å². The lowest BCUT2D eigenvalue weighted by molar-refractivity contribution is -0.137. The van der Waals surface area contributed by atoms with Crippen molar-refractivity contribution in [3.8, 4) is 0 Å². The minimum atomic E-state index is -4.35. The molecule has 1 aromatic heterocycles. The number of hydrogen-bond acceptors (Lipinski definition) is 3. The number of halogens is 4. The Hall–Kier alpha value is -1.85.